The molecule has 0 saturated carbocycles. The fraction of sp³-hybridized carbons (Fsp3) is 0.364. The highest BCUT2D eigenvalue weighted by atomic mass is 79.9. The van der Waals surface area contributed by atoms with E-state index in [1.807, 2.05) is 0 Å². The third-order valence-electron chi connectivity index (χ3n) is 2.81. The topological polar surface area (TPSA) is 69.6 Å². The molecule has 1 aliphatic heterocycles. The van der Waals surface area contributed by atoms with Gasteiger partial charge in [0, 0.05) is 11.6 Å². The summed E-state index contributed by atoms with van der Waals surface area (Å²) in [6.45, 7) is 0.857. The minimum Gasteiger partial charge on any atom is -0.506 e. The van der Waals surface area contributed by atoms with E-state index in [9.17, 15) is 9.90 Å². The Kier molecular flexibility index (Phi) is 3.16. The summed E-state index contributed by atoms with van der Waals surface area (Å²) in [6.07, 6.45) is 1.85. The van der Waals surface area contributed by atoms with Crippen LogP contribution in [0.25, 0.3) is 0 Å². The molecule has 1 aromatic carbocycles. The van der Waals surface area contributed by atoms with Crippen molar-refractivity contribution in [2.45, 2.75) is 18.9 Å². The van der Waals surface area contributed by atoms with E-state index >= 15 is 0 Å². The highest BCUT2D eigenvalue weighted by Crippen LogP contribution is 2.37. The molecule has 1 aromatic rings. The fourth-order valence-corrected chi connectivity index (χ4v) is 2.40. The molecule has 0 bridgehead atoms. The fourth-order valence-electron chi connectivity index (χ4n) is 2.05. The van der Waals surface area contributed by atoms with Crippen molar-refractivity contribution in [2.75, 3.05) is 6.54 Å². The second-order valence-corrected chi connectivity index (χ2v) is 4.67. The highest BCUT2D eigenvalue weighted by Gasteiger charge is 2.26. The van der Waals surface area contributed by atoms with Crippen molar-refractivity contribution in [2.24, 2.45) is 0 Å². The molecular formula is C11H12BrNO3. The summed E-state index contributed by atoms with van der Waals surface area (Å²) in [5.41, 5.74) is 0.652. The molecule has 2 rings (SSSR count). The first-order valence-electron chi connectivity index (χ1n) is 5.09. The number of hydrogen-bond donors (Lipinski definition) is 3. The maximum atomic E-state index is 11.1. The number of phenols is 1. The zero-order valence-corrected chi connectivity index (χ0v) is 10.1. The minimum absolute atomic E-state index is 0.0271. The van der Waals surface area contributed by atoms with Gasteiger partial charge in [0.2, 0.25) is 0 Å². The Balaban J connectivity index is 2.53. The molecule has 0 unspecified atom stereocenters. The number of halogens is 1. The molecule has 0 radical (unpaired) electrons. The second kappa shape index (κ2) is 4.43. The number of rotatable bonds is 2. The number of phenolic OH excluding ortho intramolecular Hbond substituents is 1. The first kappa shape index (κ1) is 11.4. The quantitative estimate of drug-likeness (QED) is 0.780. The van der Waals surface area contributed by atoms with Crippen LogP contribution < -0.4 is 5.32 Å². The lowest BCUT2D eigenvalue weighted by atomic mass is 9.98. The molecule has 0 aromatic heterocycles. The monoisotopic (exact) mass is 285 g/mol. The molecule has 0 amide bonds. The van der Waals surface area contributed by atoms with Gasteiger partial charge in [-0.15, -0.1) is 0 Å². The molecule has 16 heavy (non-hydrogen) atoms. The van der Waals surface area contributed by atoms with Crippen LogP contribution in [0, 0.1) is 0 Å². The maximum Gasteiger partial charge on any atom is 0.336 e. The van der Waals surface area contributed by atoms with Crippen molar-refractivity contribution in [1.29, 1.82) is 0 Å². The van der Waals surface area contributed by atoms with Crippen LogP contribution in [0.3, 0.4) is 0 Å². The number of benzene rings is 1. The Morgan fingerprint density at radius 3 is 2.81 bits per heavy atom. The predicted molar refractivity (Wildman–Crippen MR) is 62.7 cm³/mol. The number of hydrogen-bond acceptors (Lipinski definition) is 3. The number of aromatic hydroxyl groups is 1. The van der Waals surface area contributed by atoms with Gasteiger partial charge in [-0.2, -0.15) is 0 Å². The van der Waals surface area contributed by atoms with Gasteiger partial charge in [0.15, 0.2) is 0 Å². The number of carboxylic acids is 1. The average Bonchev–Trinajstić information content (AvgIpc) is 2.74. The molecule has 1 fully saturated rings. The Bertz CT molecular complexity index is 427. The van der Waals surface area contributed by atoms with Gasteiger partial charge in [-0.05, 0) is 47.4 Å². The van der Waals surface area contributed by atoms with Crippen LogP contribution in [-0.2, 0) is 0 Å². The van der Waals surface area contributed by atoms with Gasteiger partial charge in [0.1, 0.15) is 5.75 Å². The van der Waals surface area contributed by atoms with Gasteiger partial charge in [-0.25, -0.2) is 4.79 Å². The summed E-state index contributed by atoms with van der Waals surface area (Å²) < 4.78 is 0.529. The highest BCUT2D eigenvalue weighted by molar-refractivity contribution is 9.10. The van der Waals surface area contributed by atoms with E-state index in [4.69, 9.17) is 5.11 Å². The van der Waals surface area contributed by atoms with Crippen LogP contribution in [0.15, 0.2) is 16.6 Å². The summed E-state index contributed by atoms with van der Waals surface area (Å²) in [4.78, 5) is 11.1. The molecule has 4 nitrogen and oxygen atoms in total. The van der Waals surface area contributed by atoms with Gasteiger partial charge in [-0.3, -0.25) is 0 Å². The van der Waals surface area contributed by atoms with E-state index < -0.39 is 5.97 Å². The largest absolute Gasteiger partial charge is 0.506 e. The summed E-state index contributed by atoms with van der Waals surface area (Å²) in [5, 5.41) is 22.2. The molecule has 5 heteroatoms. The van der Waals surface area contributed by atoms with Gasteiger partial charge in [0.05, 0.1) is 10.0 Å². The number of nitrogens with one attached hydrogen (secondary N) is 1. The lowest BCUT2D eigenvalue weighted by Crippen LogP contribution is -2.16. The van der Waals surface area contributed by atoms with Gasteiger partial charge < -0.3 is 15.5 Å². The van der Waals surface area contributed by atoms with Crippen LogP contribution in [-0.4, -0.2) is 22.7 Å². The van der Waals surface area contributed by atoms with E-state index in [0.29, 0.717) is 10.0 Å². The van der Waals surface area contributed by atoms with Crippen molar-refractivity contribution in [1.82, 2.24) is 5.32 Å². The number of carbonyl (C=O) groups is 1. The summed E-state index contributed by atoms with van der Waals surface area (Å²) in [6, 6.07) is 3.00. The molecule has 3 N–H and O–H groups in total. The Morgan fingerprint density at radius 2 is 2.25 bits per heavy atom. The van der Waals surface area contributed by atoms with Crippen LogP contribution in [0.1, 0.15) is 34.8 Å². The normalized spacial score (nSPS) is 19.9. The number of aromatic carboxylic acids is 1. The first-order chi connectivity index (χ1) is 7.61. The van der Waals surface area contributed by atoms with Crippen LogP contribution in [0.4, 0.5) is 0 Å². The van der Waals surface area contributed by atoms with E-state index in [0.717, 1.165) is 19.4 Å². The van der Waals surface area contributed by atoms with Crippen LogP contribution in [0.2, 0.25) is 0 Å². The van der Waals surface area contributed by atoms with E-state index in [2.05, 4.69) is 21.2 Å². The molecule has 1 atom stereocenters. The molecule has 1 aliphatic rings. The summed E-state index contributed by atoms with van der Waals surface area (Å²) >= 11 is 3.21. The van der Waals surface area contributed by atoms with Crippen molar-refractivity contribution in [3.63, 3.8) is 0 Å². The lowest BCUT2D eigenvalue weighted by Gasteiger charge is -2.16. The smallest absolute Gasteiger partial charge is 0.336 e. The van der Waals surface area contributed by atoms with E-state index in [1.54, 1.807) is 6.07 Å². The van der Waals surface area contributed by atoms with Crippen molar-refractivity contribution >= 4 is 21.9 Å². The van der Waals surface area contributed by atoms with Crippen LogP contribution in [0.5, 0.6) is 5.75 Å². The summed E-state index contributed by atoms with van der Waals surface area (Å²) in [5.74, 6) is -0.981. The van der Waals surface area contributed by atoms with Gasteiger partial charge in [-0.1, -0.05) is 0 Å². The van der Waals surface area contributed by atoms with Crippen molar-refractivity contribution in [3.8, 4) is 5.75 Å². The molecule has 1 saturated heterocycles. The molecule has 1 heterocycles. The molecule has 0 spiro atoms. The zero-order valence-electron chi connectivity index (χ0n) is 8.53. The van der Waals surface area contributed by atoms with Crippen LogP contribution >= 0.6 is 15.9 Å². The second-order valence-electron chi connectivity index (χ2n) is 3.81. The first-order valence-corrected chi connectivity index (χ1v) is 5.88. The Morgan fingerprint density at radius 1 is 1.50 bits per heavy atom. The van der Waals surface area contributed by atoms with Crippen molar-refractivity contribution < 1.29 is 15.0 Å². The standard InChI is InChI=1S/C11H12BrNO3/c12-7-4-3-6(11(15)16)9(10(7)14)8-2-1-5-13-8/h3-4,8,13-14H,1-2,5H2,(H,15,16)/t8-/m0/s1. The Hall–Kier alpha value is -1.07. The maximum absolute atomic E-state index is 11.1. The SMILES string of the molecule is O=C(O)c1ccc(Br)c(O)c1[C@@H]1CCCN1. The Labute approximate surface area is 101 Å². The third kappa shape index (κ3) is 1.92. The van der Waals surface area contributed by atoms with Crippen molar-refractivity contribution in [3.05, 3.63) is 27.7 Å². The van der Waals surface area contributed by atoms with Gasteiger partial charge >= 0.3 is 5.97 Å². The minimum atomic E-state index is -1.01. The number of carboxylic acid groups (broad SMARTS) is 1. The third-order valence-corrected chi connectivity index (χ3v) is 3.45. The molecule has 86 valence electrons. The summed E-state index contributed by atoms with van der Waals surface area (Å²) in [7, 11) is 0. The van der Waals surface area contributed by atoms with E-state index in [-0.39, 0.29) is 17.4 Å². The van der Waals surface area contributed by atoms with E-state index in [1.165, 1.54) is 6.07 Å². The average molecular weight is 286 g/mol. The predicted octanol–water partition coefficient (Wildman–Crippen LogP) is 2.28. The lowest BCUT2D eigenvalue weighted by molar-refractivity contribution is 0.0694. The van der Waals surface area contributed by atoms with Gasteiger partial charge in [0.25, 0.3) is 0 Å². The molecular weight excluding hydrogens is 274 g/mol. The molecule has 0 aliphatic carbocycles. The zero-order chi connectivity index (χ0) is 11.7.